The fourth-order valence-electron chi connectivity index (χ4n) is 1.93. The lowest BCUT2D eigenvalue weighted by atomic mass is 10.1. The molecular weight excluding hydrogens is 278 g/mol. The van der Waals surface area contributed by atoms with Gasteiger partial charge in [0.2, 0.25) is 0 Å². The molecule has 3 rings (SSSR count). The number of rotatable bonds is 3. The first-order chi connectivity index (χ1) is 9.65. The molecule has 2 heterocycles. The number of halogens is 1. The van der Waals surface area contributed by atoms with E-state index in [1.54, 1.807) is 18.3 Å². The van der Waals surface area contributed by atoms with Crippen molar-refractivity contribution in [2.75, 3.05) is 0 Å². The summed E-state index contributed by atoms with van der Waals surface area (Å²) in [5, 5.41) is 14.2. The van der Waals surface area contributed by atoms with Crippen LogP contribution in [0.5, 0.6) is 0 Å². The summed E-state index contributed by atoms with van der Waals surface area (Å²) in [5.41, 5.74) is 8.44. The molecule has 0 radical (unpaired) electrons. The number of amides is 1. The Morgan fingerprint density at radius 3 is 2.80 bits per heavy atom. The van der Waals surface area contributed by atoms with E-state index in [0.717, 1.165) is 11.1 Å². The van der Waals surface area contributed by atoms with E-state index in [4.69, 9.17) is 17.3 Å². The van der Waals surface area contributed by atoms with E-state index in [1.165, 1.54) is 0 Å². The van der Waals surface area contributed by atoms with Crippen LogP contribution in [0, 0.1) is 0 Å². The standard InChI is InChI=1S/C13H10ClN5O/c14-8-3-1-2-7(4-8)9-6-16-19-12(9)10-5-11(13(15)20)18-17-10/h1-6H,(H2,15,20)(H,16,19)(H,17,18). The highest BCUT2D eigenvalue weighted by atomic mass is 35.5. The van der Waals surface area contributed by atoms with Gasteiger partial charge < -0.3 is 5.73 Å². The third-order valence-corrected chi connectivity index (χ3v) is 3.11. The highest BCUT2D eigenvalue weighted by Gasteiger charge is 2.14. The van der Waals surface area contributed by atoms with Crippen LogP contribution in [-0.2, 0) is 0 Å². The normalized spacial score (nSPS) is 10.7. The summed E-state index contributed by atoms with van der Waals surface area (Å²) in [5.74, 6) is -0.562. The summed E-state index contributed by atoms with van der Waals surface area (Å²) in [6.07, 6.45) is 1.68. The molecule has 0 aliphatic heterocycles. The molecule has 0 bridgehead atoms. The average molecular weight is 288 g/mol. The van der Waals surface area contributed by atoms with Gasteiger partial charge in [-0.3, -0.25) is 15.0 Å². The minimum Gasteiger partial charge on any atom is -0.364 e. The summed E-state index contributed by atoms with van der Waals surface area (Å²) in [6, 6.07) is 8.97. The van der Waals surface area contributed by atoms with Gasteiger partial charge in [0, 0.05) is 10.6 Å². The number of carbonyl (C=O) groups excluding carboxylic acids is 1. The Labute approximate surface area is 119 Å². The van der Waals surface area contributed by atoms with Crippen LogP contribution in [0.3, 0.4) is 0 Å². The van der Waals surface area contributed by atoms with Crippen LogP contribution in [0.4, 0.5) is 0 Å². The fourth-order valence-corrected chi connectivity index (χ4v) is 2.12. The number of aromatic amines is 2. The zero-order chi connectivity index (χ0) is 14.1. The van der Waals surface area contributed by atoms with Crippen molar-refractivity contribution in [1.29, 1.82) is 0 Å². The van der Waals surface area contributed by atoms with Gasteiger partial charge in [-0.1, -0.05) is 23.7 Å². The number of hydrogen-bond donors (Lipinski definition) is 3. The lowest BCUT2D eigenvalue weighted by molar-refractivity contribution is 0.0995. The molecule has 3 aromatic rings. The number of carbonyl (C=O) groups is 1. The predicted octanol–water partition coefficient (Wildman–Crippen LogP) is 2.22. The molecule has 1 amide bonds. The second-order valence-electron chi connectivity index (χ2n) is 4.20. The zero-order valence-corrected chi connectivity index (χ0v) is 11.0. The van der Waals surface area contributed by atoms with Crippen LogP contribution in [0.25, 0.3) is 22.5 Å². The van der Waals surface area contributed by atoms with E-state index < -0.39 is 5.91 Å². The molecule has 4 N–H and O–H groups in total. The van der Waals surface area contributed by atoms with Crippen molar-refractivity contribution in [2.45, 2.75) is 0 Å². The Morgan fingerprint density at radius 1 is 1.25 bits per heavy atom. The first-order valence-electron chi connectivity index (χ1n) is 5.80. The van der Waals surface area contributed by atoms with Crippen molar-refractivity contribution in [2.24, 2.45) is 5.73 Å². The maximum absolute atomic E-state index is 11.1. The van der Waals surface area contributed by atoms with Crippen LogP contribution >= 0.6 is 11.6 Å². The van der Waals surface area contributed by atoms with Crippen LogP contribution in [0.15, 0.2) is 36.5 Å². The molecule has 0 unspecified atom stereocenters. The second-order valence-corrected chi connectivity index (χ2v) is 4.64. The molecule has 2 aromatic heterocycles. The van der Waals surface area contributed by atoms with E-state index in [-0.39, 0.29) is 5.69 Å². The van der Waals surface area contributed by atoms with Crippen LogP contribution in [0.1, 0.15) is 10.5 Å². The summed E-state index contributed by atoms with van der Waals surface area (Å²) in [4.78, 5) is 11.1. The Kier molecular flexibility index (Phi) is 3.00. The first-order valence-corrected chi connectivity index (χ1v) is 6.18. The van der Waals surface area contributed by atoms with Gasteiger partial charge in [0.25, 0.3) is 5.91 Å². The number of aromatic nitrogens is 4. The Hall–Kier alpha value is -2.60. The van der Waals surface area contributed by atoms with E-state index in [2.05, 4.69) is 20.4 Å². The van der Waals surface area contributed by atoms with Crippen molar-refractivity contribution < 1.29 is 4.79 Å². The quantitative estimate of drug-likeness (QED) is 0.688. The molecule has 0 aliphatic carbocycles. The van der Waals surface area contributed by atoms with E-state index >= 15 is 0 Å². The van der Waals surface area contributed by atoms with Crippen molar-refractivity contribution in [3.8, 4) is 22.5 Å². The lowest BCUT2D eigenvalue weighted by Gasteiger charge is -2.01. The monoisotopic (exact) mass is 287 g/mol. The predicted molar refractivity (Wildman–Crippen MR) is 75.1 cm³/mol. The van der Waals surface area contributed by atoms with Gasteiger partial charge in [0.05, 0.1) is 11.9 Å². The summed E-state index contributed by atoms with van der Waals surface area (Å²) in [6.45, 7) is 0. The van der Waals surface area contributed by atoms with Crippen LogP contribution < -0.4 is 5.73 Å². The van der Waals surface area contributed by atoms with Crippen LogP contribution in [0.2, 0.25) is 5.02 Å². The first kappa shape index (κ1) is 12.4. The lowest BCUT2D eigenvalue weighted by Crippen LogP contribution is -2.10. The maximum atomic E-state index is 11.1. The summed E-state index contributed by atoms with van der Waals surface area (Å²) >= 11 is 5.99. The highest BCUT2D eigenvalue weighted by molar-refractivity contribution is 6.30. The Balaban J connectivity index is 2.07. The number of nitrogens with two attached hydrogens (primary N) is 1. The molecule has 0 saturated heterocycles. The van der Waals surface area contributed by atoms with Crippen molar-refractivity contribution >= 4 is 17.5 Å². The van der Waals surface area contributed by atoms with Crippen molar-refractivity contribution in [1.82, 2.24) is 20.4 Å². The van der Waals surface area contributed by atoms with Gasteiger partial charge in [0.15, 0.2) is 0 Å². The minimum absolute atomic E-state index is 0.242. The van der Waals surface area contributed by atoms with Gasteiger partial charge in [-0.15, -0.1) is 0 Å². The van der Waals surface area contributed by atoms with E-state index in [1.807, 2.05) is 18.2 Å². The molecule has 20 heavy (non-hydrogen) atoms. The number of nitrogens with one attached hydrogen (secondary N) is 2. The molecule has 7 heteroatoms. The molecule has 0 spiro atoms. The molecule has 0 aliphatic rings. The third-order valence-electron chi connectivity index (χ3n) is 2.87. The second kappa shape index (κ2) is 4.82. The molecule has 100 valence electrons. The summed E-state index contributed by atoms with van der Waals surface area (Å²) < 4.78 is 0. The van der Waals surface area contributed by atoms with Gasteiger partial charge in [-0.2, -0.15) is 10.2 Å². The molecule has 0 fully saturated rings. The average Bonchev–Trinajstić information content (AvgIpc) is 3.07. The van der Waals surface area contributed by atoms with Crippen molar-refractivity contribution in [3.05, 3.63) is 47.2 Å². The smallest absolute Gasteiger partial charge is 0.266 e. The number of hydrogen-bond acceptors (Lipinski definition) is 3. The zero-order valence-electron chi connectivity index (χ0n) is 10.2. The number of nitrogens with zero attached hydrogens (tertiary/aromatic N) is 2. The molecule has 6 nitrogen and oxygen atoms in total. The van der Waals surface area contributed by atoms with Gasteiger partial charge in [0.1, 0.15) is 11.4 Å². The van der Waals surface area contributed by atoms with E-state index in [0.29, 0.717) is 16.4 Å². The Morgan fingerprint density at radius 2 is 2.10 bits per heavy atom. The number of benzene rings is 1. The minimum atomic E-state index is -0.562. The molecule has 0 atom stereocenters. The SMILES string of the molecule is NC(=O)c1cc(-c2[nH]ncc2-c2cccc(Cl)c2)n[nH]1. The molecule has 0 saturated carbocycles. The largest absolute Gasteiger partial charge is 0.364 e. The highest BCUT2D eigenvalue weighted by Crippen LogP contribution is 2.30. The maximum Gasteiger partial charge on any atom is 0.266 e. The van der Waals surface area contributed by atoms with E-state index in [9.17, 15) is 4.79 Å². The molecular formula is C13H10ClN5O. The van der Waals surface area contributed by atoms with Crippen molar-refractivity contribution in [3.63, 3.8) is 0 Å². The topological polar surface area (TPSA) is 100 Å². The van der Waals surface area contributed by atoms with Gasteiger partial charge in [-0.05, 0) is 23.8 Å². The summed E-state index contributed by atoms with van der Waals surface area (Å²) in [7, 11) is 0. The third kappa shape index (κ3) is 2.17. The molecule has 1 aromatic carbocycles. The fraction of sp³-hybridized carbons (Fsp3) is 0. The van der Waals surface area contributed by atoms with Crippen LogP contribution in [-0.4, -0.2) is 26.3 Å². The van der Waals surface area contributed by atoms with Gasteiger partial charge in [-0.25, -0.2) is 0 Å². The van der Waals surface area contributed by atoms with Gasteiger partial charge >= 0.3 is 0 Å². The number of H-pyrrole nitrogens is 2. The number of primary amides is 1. The Bertz CT molecular complexity index is 776.